The Bertz CT molecular complexity index is 1230. The van der Waals surface area contributed by atoms with E-state index in [2.05, 4.69) is 6.07 Å². The molecule has 0 radical (unpaired) electrons. The summed E-state index contributed by atoms with van der Waals surface area (Å²) in [6, 6.07) is 8.74. The Kier molecular flexibility index (Phi) is 5.72. The molecule has 9 heteroatoms. The van der Waals surface area contributed by atoms with Gasteiger partial charge in [0.2, 0.25) is 10.0 Å². The lowest BCUT2D eigenvalue weighted by molar-refractivity contribution is 0.0668. The van der Waals surface area contributed by atoms with E-state index in [0.717, 1.165) is 47.1 Å². The van der Waals surface area contributed by atoms with Crippen LogP contribution in [0.5, 0.6) is 17.2 Å². The molecular weight excluding hydrogens is 456 g/mol. The van der Waals surface area contributed by atoms with Gasteiger partial charge < -0.3 is 19.1 Å². The number of benzene rings is 2. The Balaban J connectivity index is 1.54. The van der Waals surface area contributed by atoms with Crippen molar-refractivity contribution in [1.29, 1.82) is 0 Å². The third-order valence-corrected chi connectivity index (χ3v) is 9.05. The summed E-state index contributed by atoms with van der Waals surface area (Å²) in [5.74, 6) is 1.52. The summed E-state index contributed by atoms with van der Waals surface area (Å²) in [6.45, 7) is 2.09. The molecule has 1 spiro atoms. The number of rotatable bonds is 4. The Hall–Kier alpha value is -2.78. The highest BCUT2D eigenvalue weighted by atomic mass is 32.2. The van der Waals surface area contributed by atoms with Gasteiger partial charge in [-0.3, -0.25) is 4.79 Å². The monoisotopic (exact) mass is 486 g/mol. The Morgan fingerprint density at radius 2 is 1.74 bits per heavy atom. The number of hydrogen-bond donors (Lipinski definition) is 0. The van der Waals surface area contributed by atoms with Crippen molar-refractivity contribution in [3.63, 3.8) is 0 Å². The van der Waals surface area contributed by atoms with Gasteiger partial charge >= 0.3 is 0 Å². The molecule has 0 aromatic heterocycles. The zero-order valence-electron chi connectivity index (χ0n) is 19.8. The van der Waals surface area contributed by atoms with Crippen LogP contribution in [-0.4, -0.2) is 64.5 Å². The summed E-state index contributed by atoms with van der Waals surface area (Å²) >= 11 is 0. The molecule has 0 unspecified atom stereocenters. The Morgan fingerprint density at radius 1 is 1.06 bits per heavy atom. The van der Waals surface area contributed by atoms with Gasteiger partial charge in [-0.15, -0.1) is 0 Å². The van der Waals surface area contributed by atoms with Crippen LogP contribution >= 0.6 is 0 Å². The number of nitrogens with zero attached hydrogens (tertiary/aromatic N) is 2. The summed E-state index contributed by atoms with van der Waals surface area (Å²) in [4.78, 5) is 15.5. The van der Waals surface area contributed by atoms with E-state index in [1.165, 1.54) is 32.8 Å². The number of ether oxygens (including phenoxy) is 3. The van der Waals surface area contributed by atoms with Gasteiger partial charge in [0.25, 0.3) is 5.91 Å². The first kappa shape index (κ1) is 23.0. The van der Waals surface area contributed by atoms with Crippen molar-refractivity contribution in [3.8, 4) is 17.2 Å². The van der Waals surface area contributed by atoms with Gasteiger partial charge in [-0.2, -0.15) is 0 Å². The standard InChI is InChI=1S/C25H30N2O6S/c1-26(2)34(29,30)23-13-17(6-7-20(23)31-3)24(28)27-15-18-12-21-22(33-11-10-32-21)14-19(18)25(16-27)8-4-5-9-25/h6-7,12-14H,4-5,8-11,15-16H2,1-3H3. The van der Waals surface area contributed by atoms with Crippen LogP contribution in [0.1, 0.15) is 47.2 Å². The third-order valence-electron chi connectivity index (χ3n) is 7.21. The number of hydrogen-bond acceptors (Lipinski definition) is 6. The van der Waals surface area contributed by atoms with Crippen molar-refractivity contribution < 1.29 is 27.4 Å². The molecule has 1 amide bonds. The predicted octanol–water partition coefficient (Wildman–Crippen LogP) is 3.18. The molecule has 2 aliphatic heterocycles. The van der Waals surface area contributed by atoms with E-state index >= 15 is 0 Å². The molecule has 5 rings (SSSR count). The first-order chi connectivity index (χ1) is 16.2. The van der Waals surface area contributed by atoms with E-state index in [4.69, 9.17) is 14.2 Å². The van der Waals surface area contributed by atoms with Gasteiger partial charge in [0, 0.05) is 38.2 Å². The maximum Gasteiger partial charge on any atom is 0.254 e. The molecule has 182 valence electrons. The van der Waals surface area contributed by atoms with Crippen LogP contribution in [0.25, 0.3) is 0 Å². The van der Waals surface area contributed by atoms with Crippen molar-refractivity contribution in [2.45, 2.75) is 42.5 Å². The van der Waals surface area contributed by atoms with Gasteiger partial charge in [0.15, 0.2) is 11.5 Å². The van der Waals surface area contributed by atoms with Crippen molar-refractivity contribution >= 4 is 15.9 Å². The highest BCUT2D eigenvalue weighted by Crippen LogP contribution is 2.49. The van der Waals surface area contributed by atoms with Crippen LogP contribution in [0.2, 0.25) is 0 Å². The molecule has 8 nitrogen and oxygen atoms in total. The molecule has 2 aromatic carbocycles. The minimum absolute atomic E-state index is 0.0153. The zero-order chi connectivity index (χ0) is 24.1. The molecule has 2 heterocycles. The van der Waals surface area contributed by atoms with Crippen molar-refractivity contribution in [2.75, 3.05) is 41.0 Å². The van der Waals surface area contributed by atoms with Crippen molar-refractivity contribution in [1.82, 2.24) is 9.21 Å². The third kappa shape index (κ3) is 3.71. The molecule has 34 heavy (non-hydrogen) atoms. The van der Waals surface area contributed by atoms with Gasteiger partial charge in [-0.25, -0.2) is 12.7 Å². The van der Waals surface area contributed by atoms with E-state index in [-0.39, 0.29) is 22.0 Å². The summed E-state index contributed by atoms with van der Waals surface area (Å²) in [5.41, 5.74) is 2.53. The summed E-state index contributed by atoms with van der Waals surface area (Å²) in [5, 5.41) is 0. The van der Waals surface area contributed by atoms with E-state index in [9.17, 15) is 13.2 Å². The van der Waals surface area contributed by atoms with Gasteiger partial charge in [0.1, 0.15) is 23.9 Å². The molecular formula is C25H30N2O6S. The van der Waals surface area contributed by atoms with Crippen LogP contribution in [0.3, 0.4) is 0 Å². The quantitative estimate of drug-likeness (QED) is 0.660. The summed E-state index contributed by atoms with van der Waals surface area (Å²) in [7, 11) is 0.559. The Morgan fingerprint density at radius 3 is 2.38 bits per heavy atom. The molecule has 1 saturated carbocycles. The van der Waals surface area contributed by atoms with Gasteiger partial charge in [-0.1, -0.05) is 12.8 Å². The normalized spacial score (nSPS) is 18.8. The zero-order valence-corrected chi connectivity index (χ0v) is 20.6. The van der Waals surface area contributed by atoms with Crippen LogP contribution in [0.4, 0.5) is 0 Å². The minimum Gasteiger partial charge on any atom is -0.495 e. The number of amides is 1. The molecule has 0 bridgehead atoms. The molecule has 0 saturated heterocycles. The fraction of sp³-hybridized carbons (Fsp3) is 0.480. The molecule has 2 aromatic rings. The van der Waals surface area contributed by atoms with E-state index in [0.29, 0.717) is 31.9 Å². The topological polar surface area (TPSA) is 85.4 Å². The predicted molar refractivity (Wildman–Crippen MR) is 126 cm³/mol. The fourth-order valence-corrected chi connectivity index (χ4v) is 6.56. The average molecular weight is 487 g/mol. The molecule has 1 fully saturated rings. The van der Waals surface area contributed by atoms with Crippen LogP contribution in [0, 0.1) is 0 Å². The van der Waals surface area contributed by atoms with E-state index in [1.54, 1.807) is 12.1 Å². The molecule has 0 N–H and O–H groups in total. The van der Waals surface area contributed by atoms with Gasteiger partial charge in [-0.05, 0) is 54.3 Å². The second-order valence-corrected chi connectivity index (χ2v) is 11.6. The second-order valence-electron chi connectivity index (χ2n) is 9.45. The minimum atomic E-state index is -3.78. The number of methoxy groups -OCH3 is 1. The van der Waals surface area contributed by atoms with Crippen LogP contribution in [-0.2, 0) is 22.0 Å². The van der Waals surface area contributed by atoms with Gasteiger partial charge in [0.05, 0.1) is 7.11 Å². The average Bonchev–Trinajstić information content (AvgIpc) is 3.30. The summed E-state index contributed by atoms with van der Waals surface area (Å²) in [6.07, 6.45) is 4.24. The molecule has 0 atom stereocenters. The number of fused-ring (bicyclic) bond motifs is 3. The number of carbonyl (C=O) groups excluding carboxylic acids is 1. The first-order valence-electron chi connectivity index (χ1n) is 11.6. The van der Waals surface area contributed by atoms with E-state index < -0.39 is 10.0 Å². The Labute approximate surface area is 200 Å². The van der Waals surface area contributed by atoms with Crippen LogP contribution in [0.15, 0.2) is 35.2 Å². The lowest BCUT2D eigenvalue weighted by Crippen LogP contribution is -2.47. The maximum atomic E-state index is 13.7. The second kappa shape index (κ2) is 8.46. The largest absolute Gasteiger partial charge is 0.495 e. The molecule has 3 aliphatic rings. The fourth-order valence-electron chi connectivity index (χ4n) is 5.48. The van der Waals surface area contributed by atoms with E-state index in [1.807, 2.05) is 11.0 Å². The highest BCUT2D eigenvalue weighted by Gasteiger charge is 2.44. The lowest BCUT2D eigenvalue weighted by Gasteiger charge is -2.43. The lowest BCUT2D eigenvalue weighted by atomic mass is 9.73. The first-order valence-corrected chi connectivity index (χ1v) is 13.0. The van der Waals surface area contributed by atoms with Crippen molar-refractivity contribution in [2.24, 2.45) is 0 Å². The SMILES string of the molecule is COc1ccc(C(=O)N2Cc3cc4c(cc3C3(CCCC3)C2)OCCO4)cc1S(=O)(=O)N(C)C. The van der Waals surface area contributed by atoms with Crippen molar-refractivity contribution in [3.05, 3.63) is 47.0 Å². The molecule has 1 aliphatic carbocycles. The highest BCUT2D eigenvalue weighted by molar-refractivity contribution is 7.89. The number of carbonyl (C=O) groups is 1. The maximum absolute atomic E-state index is 13.7. The summed E-state index contributed by atoms with van der Waals surface area (Å²) < 4.78 is 43.8. The van der Waals surface area contributed by atoms with Crippen LogP contribution < -0.4 is 14.2 Å². The smallest absolute Gasteiger partial charge is 0.254 e. The number of sulfonamides is 1.